The Hall–Kier alpha value is -3.98. The van der Waals surface area contributed by atoms with Gasteiger partial charge < -0.3 is 25.4 Å². The molecule has 1 saturated heterocycles. The molecule has 0 aliphatic carbocycles. The van der Waals surface area contributed by atoms with Gasteiger partial charge in [-0.2, -0.15) is 0 Å². The number of hydrogen-bond donors (Lipinski definition) is 4. The number of esters is 1. The van der Waals surface area contributed by atoms with Crippen LogP contribution in [0.5, 0.6) is 5.75 Å². The molecule has 6 N–H and O–H groups in total. The SMILES string of the molecule is NC1=C(N2CCN(C(=O)CCCCCCCC(=O)OCc3ccccc3)CC2)C=C(c2ccccc2O)[NH2+]N1. The highest BCUT2D eigenvalue weighted by Gasteiger charge is 2.26. The molecule has 1 fully saturated rings. The van der Waals surface area contributed by atoms with Crippen LogP contribution in [-0.2, 0) is 20.9 Å². The van der Waals surface area contributed by atoms with E-state index in [4.69, 9.17) is 10.5 Å². The monoisotopic (exact) mass is 534 g/mol. The number of nitrogens with zero attached hydrogens (tertiary/aromatic N) is 2. The Kier molecular flexibility index (Phi) is 10.2. The Balaban J connectivity index is 1.10. The summed E-state index contributed by atoms with van der Waals surface area (Å²) in [5.41, 5.74) is 14.6. The van der Waals surface area contributed by atoms with Crippen molar-refractivity contribution in [1.82, 2.24) is 15.2 Å². The molecule has 2 aromatic carbocycles. The van der Waals surface area contributed by atoms with Gasteiger partial charge in [0.05, 0.1) is 11.3 Å². The van der Waals surface area contributed by atoms with Crippen LogP contribution in [0.4, 0.5) is 0 Å². The molecule has 9 heteroatoms. The van der Waals surface area contributed by atoms with Crippen LogP contribution < -0.4 is 16.6 Å². The molecule has 2 aliphatic heterocycles. The molecule has 0 aromatic heterocycles. The third kappa shape index (κ3) is 8.25. The molecule has 0 unspecified atom stereocenters. The van der Waals surface area contributed by atoms with Crippen molar-refractivity contribution in [3.8, 4) is 5.75 Å². The molecule has 0 radical (unpaired) electrons. The van der Waals surface area contributed by atoms with E-state index in [1.165, 1.54) is 0 Å². The predicted octanol–water partition coefficient (Wildman–Crippen LogP) is 2.56. The third-order valence-electron chi connectivity index (χ3n) is 7.15. The molecular weight excluding hydrogens is 494 g/mol. The summed E-state index contributed by atoms with van der Waals surface area (Å²) in [4.78, 5) is 28.8. The zero-order chi connectivity index (χ0) is 27.5. The maximum Gasteiger partial charge on any atom is 0.306 e. The van der Waals surface area contributed by atoms with Gasteiger partial charge in [0, 0.05) is 45.1 Å². The van der Waals surface area contributed by atoms with Gasteiger partial charge in [-0.05, 0) is 30.5 Å². The highest BCUT2D eigenvalue weighted by molar-refractivity contribution is 5.76. The first-order valence-corrected chi connectivity index (χ1v) is 13.8. The molecule has 208 valence electrons. The van der Waals surface area contributed by atoms with Gasteiger partial charge in [-0.1, -0.05) is 61.7 Å². The van der Waals surface area contributed by atoms with Crippen LogP contribution in [0.2, 0.25) is 0 Å². The molecule has 0 bridgehead atoms. The molecule has 9 nitrogen and oxygen atoms in total. The number of quaternary nitrogens is 1. The van der Waals surface area contributed by atoms with Gasteiger partial charge in [0.1, 0.15) is 12.4 Å². The summed E-state index contributed by atoms with van der Waals surface area (Å²) >= 11 is 0. The summed E-state index contributed by atoms with van der Waals surface area (Å²) in [6, 6.07) is 16.9. The average molecular weight is 535 g/mol. The van der Waals surface area contributed by atoms with Crippen LogP contribution in [0, 0.1) is 0 Å². The van der Waals surface area contributed by atoms with E-state index in [0.29, 0.717) is 51.4 Å². The molecule has 2 heterocycles. The Labute approximate surface area is 230 Å². The molecule has 0 atom stereocenters. The molecule has 0 spiro atoms. The van der Waals surface area contributed by atoms with Crippen LogP contribution in [0.1, 0.15) is 56.1 Å². The first-order chi connectivity index (χ1) is 19.0. The smallest absolute Gasteiger partial charge is 0.306 e. The minimum absolute atomic E-state index is 0.155. The van der Waals surface area contributed by atoms with Crippen molar-refractivity contribution in [2.24, 2.45) is 5.73 Å². The third-order valence-corrected chi connectivity index (χ3v) is 7.15. The van der Waals surface area contributed by atoms with Gasteiger partial charge in [-0.25, -0.2) is 10.9 Å². The van der Waals surface area contributed by atoms with E-state index < -0.39 is 0 Å². The molecule has 0 saturated carbocycles. The predicted molar refractivity (Wildman–Crippen MR) is 149 cm³/mol. The summed E-state index contributed by atoms with van der Waals surface area (Å²) in [5, 5.41) is 10.2. The largest absolute Gasteiger partial charge is 0.507 e. The second-order valence-corrected chi connectivity index (χ2v) is 9.99. The molecule has 1 amide bonds. The minimum atomic E-state index is -0.155. The van der Waals surface area contributed by atoms with Crippen molar-refractivity contribution in [3.05, 3.63) is 83.3 Å². The fraction of sp³-hybridized carbons (Fsp3) is 0.400. The normalized spacial score (nSPS) is 15.5. The zero-order valence-corrected chi connectivity index (χ0v) is 22.5. The lowest BCUT2D eigenvalue weighted by atomic mass is 10.1. The highest BCUT2D eigenvalue weighted by atomic mass is 16.5. The number of carbonyl (C=O) groups excluding carboxylic acids is 2. The van der Waals surface area contributed by atoms with E-state index >= 15 is 0 Å². The fourth-order valence-electron chi connectivity index (χ4n) is 4.87. The summed E-state index contributed by atoms with van der Waals surface area (Å²) in [6.45, 7) is 3.05. The van der Waals surface area contributed by atoms with E-state index in [1.807, 2.05) is 53.4 Å². The Bertz CT molecular complexity index is 1170. The summed E-state index contributed by atoms with van der Waals surface area (Å²) in [6.07, 6.45) is 7.61. The van der Waals surface area contributed by atoms with Crippen molar-refractivity contribution in [3.63, 3.8) is 0 Å². The average Bonchev–Trinajstić information content (AvgIpc) is 2.97. The number of para-hydroxylation sites is 1. The van der Waals surface area contributed by atoms with Gasteiger partial charge in [-0.3, -0.25) is 9.59 Å². The molecule has 2 aliphatic rings. The number of allylic oxidation sites excluding steroid dienone is 1. The van der Waals surface area contributed by atoms with E-state index in [2.05, 4.69) is 10.3 Å². The second kappa shape index (κ2) is 14.2. The molecule has 39 heavy (non-hydrogen) atoms. The van der Waals surface area contributed by atoms with Crippen molar-refractivity contribution in [1.29, 1.82) is 0 Å². The van der Waals surface area contributed by atoms with Crippen LogP contribution in [0.25, 0.3) is 5.70 Å². The number of amides is 1. The number of aromatic hydroxyl groups is 1. The van der Waals surface area contributed by atoms with Crippen molar-refractivity contribution >= 4 is 17.6 Å². The first-order valence-electron chi connectivity index (χ1n) is 13.8. The van der Waals surface area contributed by atoms with Crippen LogP contribution in [-0.4, -0.2) is 53.0 Å². The highest BCUT2D eigenvalue weighted by Crippen LogP contribution is 2.24. The summed E-state index contributed by atoms with van der Waals surface area (Å²) in [5.74, 6) is 0.830. The number of benzene rings is 2. The van der Waals surface area contributed by atoms with Gasteiger partial charge in [0.2, 0.25) is 5.91 Å². The zero-order valence-electron chi connectivity index (χ0n) is 22.5. The van der Waals surface area contributed by atoms with Crippen molar-refractivity contribution < 1.29 is 24.9 Å². The summed E-state index contributed by atoms with van der Waals surface area (Å²) in [7, 11) is 0. The van der Waals surface area contributed by atoms with Crippen LogP contribution >= 0.6 is 0 Å². The van der Waals surface area contributed by atoms with Crippen LogP contribution in [0.15, 0.2) is 72.2 Å². The lowest BCUT2D eigenvalue weighted by Crippen LogP contribution is -2.91. The number of piperazine rings is 1. The van der Waals surface area contributed by atoms with Gasteiger partial charge in [-0.15, -0.1) is 0 Å². The number of unbranched alkanes of at least 4 members (excludes halogenated alkanes) is 4. The number of nitrogens with one attached hydrogen (secondary N) is 1. The number of hydrogen-bond acceptors (Lipinski definition) is 7. The number of rotatable bonds is 12. The number of phenols is 1. The van der Waals surface area contributed by atoms with Crippen molar-refractivity contribution in [2.75, 3.05) is 26.2 Å². The number of ether oxygens (including phenoxy) is 1. The van der Waals surface area contributed by atoms with Crippen LogP contribution in [0.3, 0.4) is 0 Å². The Morgan fingerprint density at radius 1 is 0.897 bits per heavy atom. The minimum Gasteiger partial charge on any atom is -0.507 e. The van der Waals surface area contributed by atoms with Gasteiger partial charge in [0.25, 0.3) is 0 Å². The van der Waals surface area contributed by atoms with E-state index in [-0.39, 0.29) is 17.6 Å². The van der Waals surface area contributed by atoms with E-state index in [9.17, 15) is 14.7 Å². The quantitative estimate of drug-likeness (QED) is 0.187. The molecular formula is C30H40N5O4+. The van der Waals surface area contributed by atoms with Gasteiger partial charge >= 0.3 is 5.97 Å². The Morgan fingerprint density at radius 2 is 1.56 bits per heavy atom. The summed E-state index contributed by atoms with van der Waals surface area (Å²) < 4.78 is 5.32. The van der Waals surface area contributed by atoms with E-state index in [0.717, 1.165) is 54.6 Å². The van der Waals surface area contributed by atoms with E-state index in [1.54, 1.807) is 17.6 Å². The standard InChI is InChI=1S/C30H39N5O4/c31-30-26(21-25(32-33-30)24-13-9-10-14-27(24)36)34-17-19-35(20-18-34)28(37)15-7-2-1-3-8-16-29(38)39-22-23-11-5-4-6-12-23/h4-6,9-14,21,32-33,36H,1-3,7-8,15-20,22,31H2/p+1. The lowest BCUT2D eigenvalue weighted by Gasteiger charge is -2.37. The Morgan fingerprint density at radius 3 is 2.31 bits per heavy atom. The van der Waals surface area contributed by atoms with Gasteiger partial charge in [0.15, 0.2) is 11.5 Å². The van der Waals surface area contributed by atoms with Crippen molar-refractivity contribution in [2.45, 2.75) is 51.6 Å². The number of phenolic OH excluding ortho intramolecular Hbond substituents is 1. The molecule has 4 rings (SSSR count). The number of carbonyl (C=O) groups is 2. The lowest BCUT2D eigenvalue weighted by molar-refractivity contribution is -0.619. The second-order valence-electron chi connectivity index (χ2n) is 9.99. The number of nitrogens with two attached hydrogens (primary N) is 2. The maximum atomic E-state index is 12.7. The maximum absolute atomic E-state index is 12.7. The first kappa shape index (κ1) is 28.0. The fourth-order valence-corrected chi connectivity index (χ4v) is 4.87. The molecule has 2 aromatic rings. The topological polar surface area (TPSA) is 125 Å².